The predicted molar refractivity (Wildman–Crippen MR) is 56.1 cm³/mol. The van der Waals surface area contributed by atoms with Gasteiger partial charge in [-0.3, -0.25) is 0 Å². The highest BCUT2D eigenvalue weighted by atomic mass is 35.5. The van der Waals surface area contributed by atoms with Crippen molar-refractivity contribution in [3.8, 4) is 6.07 Å². The molecule has 0 saturated heterocycles. The lowest BCUT2D eigenvalue weighted by Gasteiger charge is -2.04. The molecule has 0 radical (unpaired) electrons. The summed E-state index contributed by atoms with van der Waals surface area (Å²) in [6.45, 7) is 0. The van der Waals surface area contributed by atoms with E-state index in [0.29, 0.717) is 5.15 Å². The molecule has 0 aliphatic heterocycles. The Bertz CT molecular complexity index is 362. The van der Waals surface area contributed by atoms with Crippen LogP contribution in [0.5, 0.6) is 0 Å². The molecule has 1 heterocycles. The van der Waals surface area contributed by atoms with E-state index in [-0.39, 0.29) is 0 Å². The second-order valence-corrected chi connectivity index (χ2v) is 3.88. The zero-order chi connectivity index (χ0) is 9.84. The van der Waals surface area contributed by atoms with E-state index in [9.17, 15) is 0 Å². The number of hydrogen-bond acceptors (Lipinski definition) is 4. The molecule has 0 N–H and O–H groups in total. The van der Waals surface area contributed by atoms with Crippen molar-refractivity contribution in [2.75, 3.05) is 19.0 Å². The van der Waals surface area contributed by atoms with Crippen LogP contribution in [0.3, 0.4) is 0 Å². The molecule has 1 aromatic heterocycles. The van der Waals surface area contributed by atoms with Crippen LogP contribution in [0.25, 0.3) is 6.08 Å². The number of allylic oxidation sites excluding steroid dienone is 1. The Morgan fingerprint density at radius 1 is 1.62 bits per heavy atom. The number of nitriles is 1. The summed E-state index contributed by atoms with van der Waals surface area (Å²) >= 11 is 7.29. The van der Waals surface area contributed by atoms with Gasteiger partial charge in [0, 0.05) is 20.2 Å². The second-order valence-electron chi connectivity index (χ2n) is 2.51. The molecule has 0 spiro atoms. The van der Waals surface area contributed by atoms with Crippen LogP contribution in [-0.4, -0.2) is 19.1 Å². The summed E-state index contributed by atoms with van der Waals surface area (Å²) in [4.78, 5) is 6.80. The molecule has 1 rings (SSSR count). The molecule has 0 bridgehead atoms. The van der Waals surface area contributed by atoms with Crippen LogP contribution in [0.1, 0.15) is 4.88 Å². The number of hydrogen-bond donors (Lipinski definition) is 0. The van der Waals surface area contributed by atoms with E-state index in [1.54, 1.807) is 6.08 Å². The van der Waals surface area contributed by atoms with Crippen LogP contribution >= 0.6 is 22.9 Å². The summed E-state index contributed by atoms with van der Waals surface area (Å²) in [5.74, 6) is 0. The van der Waals surface area contributed by atoms with Crippen molar-refractivity contribution in [1.29, 1.82) is 5.26 Å². The molecule has 0 saturated carbocycles. The van der Waals surface area contributed by atoms with Gasteiger partial charge in [0.25, 0.3) is 0 Å². The van der Waals surface area contributed by atoms with Crippen molar-refractivity contribution in [1.82, 2.24) is 4.98 Å². The molecule has 0 atom stereocenters. The molecule has 0 fully saturated rings. The van der Waals surface area contributed by atoms with E-state index in [2.05, 4.69) is 4.98 Å². The Labute approximate surface area is 85.9 Å². The van der Waals surface area contributed by atoms with Gasteiger partial charge in [-0.05, 0) is 6.08 Å². The van der Waals surface area contributed by atoms with Crippen molar-refractivity contribution in [2.45, 2.75) is 0 Å². The standard InChI is InChI=1S/C8H8ClN3S/c1-12(2)8-11-7(9)6(13-8)4-3-5-10/h3-4H,1-2H3. The fraction of sp³-hybridized carbons (Fsp3) is 0.250. The van der Waals surface area contributed by atoms with Gasteiger partial charge in [0.05, 0.1) is 10.9 Å². The largest absolute Gasteiger partial charge is 0.354 e. The van der Waals surface area contributed by atoms with Gasteiger partial charge in [-0.2, -0.15) is 5.26 Å². The van der Waals surface area contributed by atoms with Gasteiger partial charge in [0.15, 0.2) is 5.13 Å². The van der Waals surface area contributed by atoms with E-state index in [0.717, 1.165) is 10.0 Å². The average Bonchev–Trinajstić information content (AvgIpc) is 2.44. The van der Waals surface area contributed by atoms with Crippen LogP contribution < -0.4 is 4.90 Å². The fourth-order valence-corrected chi connectivity index (χ4v) is 1.80. The summed E-state index contributed by atoms with van der Waals surface area (Å²) in [7, 11) is 3.79. The van der Waals surface area contributed by atoms with Gasteiger partial charge in [0.1, 0.15) is 5.15 Å². The van der Waals surface area contributed by atoms with E-state index in [1.807, 2.05) is 25.1 Å². The third kappa shape index (κ3) is 2.44. The van der Waals surface area contributed by atoms with Gasteiger partial charge >= 0.3 is 0 Å². The van der Waals surface area contributed by atoms with Gasteiger partial charge in [-0.1, -0.05) is 22.9 Å². The van der Waals surface area contributed by atoms with Crippen molar-refractivity contribution < 1.29 is 0 Å². The maximum atomic E-state index is 8.33. The van der Waals surface area contributed by atoms with E-state index in [1.165, 1.54) is 17.4 Å². The molecule has 3 nitrogen and oxygen atoms in total. The first-order chi connectivity index (χ1) is 6.15. The number of aromatic nitrogens is 1. The zero-order valence-corrected chi connectivity index (χ0v) is 8.85. The monoisotopic (exact) mass is 213 g/mol. The summed E-state index contributed by atoms with van der Waals surface area (Å²) in [5, 5.41) is 9.61. The summed E-state index contributed by atoms with van der Waals surface area (Å²) in [5.41, 5.74) is 0. The Morgan fingerprint density at radius 2 is 2.31 bits per heavy atom. The zero-order valence-electron chi connectivity index (χ0n) is 7.28. The van der Waals surface area contributed by atoms with Gasteiger partial charge in [-0.25, -0.2) is 4.98 Å². The molecular weight excluding hydrogens is 206 g/mol. The van der Waals surface area contributed by atoms with Gasteiger partial charge in [-0.15, -0.1) is 0 Å². The number of thiazole rings is 1. The summed E-state index contributed by atoms with van der Waals surface area (Å²) in [6.07, 6.45) is 3.05. The highest BCUT2D eigenvalue weighted by Crippen LogP contribution is 2.29. The maximum absolute atomic E-state index is 8.33. The quantitative estimate of drug-likeness (QED) is 0.709. The minimum Gasteiger partial charge on any atom is -0.354 e. The first kappa shape index (κ1) is 10.0. The normalized spacial score (nSPS) is 10.3. The molecule has 0 aliphatic rings. The number of halogens is 1. The highest BCUT2D eigenvalue weighted by Gasteiger charge is 2.07. The molecule has 1 aromatic rings. The SMILES string of the molecule is CN(C)c1nc(Cl)c(C=CC#N)s1. The highest BCUT2D eigenvalue weighted by molar-refractivity contribution is 7.17. The summed E-state index contributed by atoms with van der Waals surface area (Å²) < 4.78 is 0. The minimum atomic E-state index is 0.445. The van der Waals surface area contributed by atoms with Crippen molar-refractivity contribution in [2.24, 2.45) is 0 Å². The first-order valence-electron chi connectivity index (χ1n) is 3.55. The van der Waals surface area contributed by atoms with Gasteiger partial charge in [0.2, 0.25) is 0 Å². The topological polar surface area (TPSA) is 39.9 Å². The Morgan fingerprint density at radius 3 is 2.77 bits per heavy atom. The molecule has 0 aliphatic carbocycles. The maximum Gasteiger partial charge on any atom is 0.186 e. The van der Waals surface area contributed by atoms with Crippen LogP contribution in [0.2, 0.25) is 5.15 Å². The van der Waals surface area contributed by atoms with E-state index in [4.69, 9.17) is 16.9 Å². The smallest absolute Gasteiger partial charge is 0.186 e. The van der Waals surface area contributed by atoms with Crippen molar-refractivity contribution >= 4 is 34.1 Å². The molecule has 0 aromatic carbocycles. The van der Waals surface area contributed by atoms with E-state index < -0.39 is 0 Å². The molecule has 68 valence electrons. The number of nitrogens with zero attached hydrogens (tertiary/aromatic N) is 3. The third-order valence-electron chi connectivity index (χ3n) is 1.29. The number of anilines is 1. The summed E-state index contributed by atoms with van der Waals surface area (Å²) in [6, 6.07) is 1.91. The second kappa shape index (κ2) is 4.26. The van der Waals surface area contributed by atoms with E-state index >= 15 is 0 Å². The molecular formula is C8H8ClN3S. The first-order valence-corrected chi connectivity index (χ1v) is 4.74. The predicted octanol–water partition coefficient (Wildman–Crippen LogP) is 2.40. The van der Waals surface area contributed by atoms with Gasteiger partial charge < -0.3 is 4.90 Å². The van der Waals surface area contributed by atoms with Crippen molar-refractivity contribution in [3.63, 3.8) is 0 Å². The molecule has 0 unspecified atom stereocenters. The van der Waals surface area contributed by atoms with Crippen molar-refractivity contribution in [3.05, 3.63) is 16.1 Å². The lowest BCUT2D eigenvalue weighted by Crippen LogP contribution is -2.07. The lowest BCUT2D eigenvalue weighted by molar-refractivity contribution is 1.10. The molecule has 0 amide bonds. The Hall–Kier alpha value is -1.05. The fourth-order valence-electron chi connectivity index (χ4n) is 0.709. The minimum absolute atomic E-state index is 0.445. The third-order valence-corrected chi connectivity index (χ3v) is 2.88. The van der Waals surface area contributed by atoms with Crippen LogP contribution in [0.15, 0.2) is 6.08 Å². The molecule has 5 heteroatoms. The molecule has 13 heavy (non-hydrogen) atoms. The lowest BCUT2D eigenvalue weighted by atomic mass is 10.5. The Kier molecular flexibility index (Phi) is 3.29. The number of rotatable bonds is 2. The average molecular weight is 214 g/mol. The van der Waals surface area contributed by atoms with Crippen LogP contribution in [0, 0.1) is 11.3 Å². The Balaban J connectivity index is 2.98. The van der Waals surface area contributed by atoms with Crippen LogP contribution in [0.4, 0.5) is 5.13 Å². The van der Waals surface area contributed by atoms with Crippen LogP contribution in [-0.2, 0) is 0 Å².